The van der Waals surface area contributed by atoms with Crippen molar-refractivity contribution < 1.29 is 10.1 Å². The highest BCUT2D eigenvalue weighted by Gasteiger charge is 1.94. The average Bonchev–Trinajstić information content (AvgIpc) is 1.83. The zero-order chi connectivity index (χ0) is 6.41. The summed E-state index contributed by atoms with van der Waals surface area (Å²) in [5.41, 5.74) is 0. The first kappa shape index (κ1) is 7.88. The fourth-order valence-electron chi connectivity index (χ4n) is 0.374. The lowest BCUT2D eigenvalue weighted by Gasteiger charge is -2.06. The molecular formula is C5H13NO2. The minimum Gasteiger partial charge on any atom is -0.317 e. The Hall–Kier alpha value is -0.120. The van der Waals surface area contributed by atoms with Crippen molar-refractivity contribution in [3.63, 3.8) is 0 Å². The number of hydrogen-bond donors (Lipinski definition) is 2. The van der Waals surface area contributed by atoms with E-state index in [0.717, 1.165) is 6.42 Å². The predicted octanol–water partition coefficient (Wildman–Crippen LogP) is 0.474. The molecule has 0 aromatic heterocycles. The van der Waals surface area contributed by atoms with Crippen LogP contribution in [0, 0.1) is 0 Å². The third-order valence-electron chi connectivity index (χ3n) is 1.13. The fourth-order valence-corrected chi connectivity index (χ4v) is 0.374. The fraction of sp³-hybridized carbons (Fsp3) is 1.00. The molecule has 0 fully saturated rings. The van der Waals surface area contributed by atoms with E-state index in [1.165, 1.54) is 0 Å². The van der Waals surface area contributed by atoms with Crippen molar-refractivity contribution in [2.45, 2.75) is 19.4 Å². The van der Waals surface area contributed by atoms with Crippen LogP contribution in [0.3, 0.4) is 0 Å². The van der Waals surface area contributed by atoms with Gasteiger partial charge in [-0.1, -0.05) is 0 Å². The monoisotopic (exact) mass is 119 g/mol. The average molecular weight is 119 g/mol. The van der Waals surface area contributed by atoms with Crippen LogP contribution in [0.5, 0.6) is 0 Å². The van der Waals surface area contributed by atoms with E-state index >= 15 is 0 Å². The van der Waals surface area contributed by atoms with Gasteiger partial charge in [-0.3, -0.25) is 5.26 Å². The summed E-state index contributed by atoms with van der Waals surface area (Å²) in [6.45, 7) is 2.43. The molecular weight excluding hydrogens is 106 g/mol. The molecule has 0 aliphatic carbocycles. The van der Waals surface area contributed by atoms with E-state index in [-0.39, 0.29) is 0 Å². The second kappa shape index (κ2) is 5.03. The summed E-state index contributed by atoms with van der Waals surface area (Å²) in [6, 6.07) is 0.419. The summed E-state index contributed by atoms with van der Waals surface area (Å²) < 4.78 is 0. The molecule has 0 aliphatic rings. The lowest BCUT2D eigenvalue weighted by molar-refractivity contribution is -0.243. The van der Waals surface area contributed by atoms with Crippen molar-refractivity contribution in [3.8, 4) is 0 Å². The first-order chi connectivity index (χ1) is 3.81. The van der Waals surface area contributed by atoms with E-state index in [1.54, 1.807) is 0 Å². The summed E-state index contributed by atoms with van der Waals surface area (Å²) in [7, 11) is 1.88. The van der Waals surface area contributed by atoms with Crippen molar-refractivity contribution in [1.29, 1.82) is 0 Å². The molecule has 3 heteroatoms. The molecule has 50 valence electrons. The molecule has 0 aromatic rings. The van der Waals surface area contributed by atoms with Crippen LogP contribution in [-0.2, 0) is 4.89 Å². The molecule has 0 saturated carbocycles. The van der Waals surface area contributed by atoms with Gasteiger partial charge in [0.2, 0.25) is 0 Å². The Labute approximate surface area is 49.6 Å². The van der Waals surface area contributed by atoms with Gasteiger partial charge in [-0.05, 0) is 20.4 Å². The van der Waals surface area contributed by atoms with Gasteiger partial charge in [0, 0.05) is 6.04 Å². The van der Waals surface area contributed by atoms with Crippen LogP contribution >= 0.6 is 0 Å². The van der Waals surface area contributed by atoms with Crippen LogP contribution in [0.4, 0.5) is 0 Å². The van der Waals surface area contributed by atoms with Crippen LogP contribution in [0.2, 0.25) is 0 Å². The van der Waals surface area contributed by atoms with Crippen molar-refractivity contribution in [2.24, 2.45) is 0 Å². The Kier molecular flexibility index (Phi) is 4.95. The Morgan fingerprint density at radius 3 is 2.75 bits per heavy atom. The van der Waals surface area contributed by atoms with Gasteiger partial charge in [0.05, 0.1) is 6.61 Å². The van der Waals surface area contributed by atoms with Crippen molar-refractivity contribution >= 4 is 0 Å². The third-order valence-corrected chi connectivity index (χ3v) is 1.13. The highest BCUT2D eigenvalue weighted by molar-refractivity contribution is 4.53. The van der Waals surface area contributed by atoms with E-state index in [1.807, 2.05) is 14.0 Å². The zero-order valence-electron chi connectivity index (χ0n) is 5.35. The number of rotatable bonds is 4. The highest BCUT2D eigenvalue weighted by atomic mass is 17.1. The van der Waals surface area contributed by atoms with Crippen LogP contribution in [0.25, 0.3) is 0 Å². The minimum absolute atomic E-state index is 0.405. The first-order valence-electron chi connectivity index (χ1n) is 2.75. The summed E-state index contributed by atoms with van der Waals surface area (Å²) in [5, 5.41) is 10.9. The van der Waals surface area contributed by atoms with Gasteiger partial charge in [-0.2, -0.15) is 0 Å². The van der Waals surface area contributed by atoms with E-state index < -0.39 is 0 Å². The molecule has 2 N–H and O–H groups in total. The first-order valence-corrected chi connectivity index (χ1v) is 2.75. The van der Waals surface area contributed by atoms with E-state index in [4.69, 9.17) is 5.26 Å². The van der Waals surface area contributed by atoms with E-state index in [9.17, 15) is 0 Å². The molecule has 0 aliphatic heterocycles. The lowest BCUT2D eigenvalue weighted by atomic mass is 10.2. The van der Waals surface area contributed by atoms with Gasteiger partial charge in [-0.25, -0.2) is 4.89 Å². The Balaban J connectivity index is 2.86. The molecule has 3 nitrogen and oxygen atoms in total. The maximum absolute atomic E-state index is 7.88. The van der Waals surface area contributed by atoms with Crippen molar-refractivity contribution in [1.82, 2.24) is 5.32 Å². The largest absolute Gasteiger partial charge is 0.317 e. The van der Waals surface area contributed by atoms with Crippen molar-refractivity contribution in [3.05, 3.63) is 0 Å². The second-order valence-corrected chi connectivity index (χ2v) is 1.81. The second-order valence-electron chi connectivity index (χ2n) is 1.81. The molecule has 0 bridgehead atoms. The smallest absolute Gasteiger partial charge is 0.0834 e. The minimum atomic E-state index is 0.405. The molecule has 0 rings (SSSR count). The van der Waals surface area contributed by atoms with E-state index in [0.29, 0.717) is 12.6 Å². The summed E-state index contributed by atoms with van der Waals surface area (Å²) >= 11 is 0. The number of nitrogens with one attached hydrogen (secondary N) is 1. The summed E-state index contributed by atoms with van der Waals surface area (Å²) in [5.74, 6) is 0. The molecule has 8 heavy (non-hydrogen) atoms. The standard InChI is InChI=1S/C5H13NO2/c1-5(6-2)3-4-8-7/h5-7H,3-4H2,1-2H3. The van der Waals surface area contributed by atoms with Gasteiger partial charge < -0.3 is 5.32 Å². The van der Waals surface area contributed by atoms with Crippen LogP contribution < -0.4 is 5.32 Å². The summed E-state index contributed by atoms with van der Waals surface area (Å²) in [4.78, 5) is 3.87. The van der Waals surface area contributed by atoms with Gasteiger partial charge in [0.25, 0.3) is 0 Å². The highest BCUT2D eigenvalue weighted by Crippen LogP contribution is 1.87. The molecule has 1 atom stereocenters. The molecule has 0 saturated heterocycles. The topological polar surface area (TPSA) is 41.5 Å². The molecule has 1 unspecified atom stereocenters. The maximum Gasteiger partial charge on any atom is 0.0834 e. The SMILES string of the molecule is CNC(C)CCOO. The van der Waals surface area contributed by atoms with Crippen LogP contribution in [0.1, 0.15) is 13.3 Å². The predicted molar refractivity (Wildman–Crippen MR) is 31.7 cm³/mol. The van der Waals surface area contributed by atoms with Gasteiger partial charge in [0.15, 0.2) is 0 Å². The Bertz CT molecular complexity index is 49.7. The summed E-state index contributed by atoms with van der Waals surface area (Å²) in [6.07, 6.45) is 0.840. The van der Waals surface area contributed by atoms with Gasteiger partial charge in [0.1, 0.15) is 0 Å². The van der Waals surface area contributed by atoms with Gasteiger partial charge >= 0.3 is 0 Å². The Morgan fingerprint density at radius 2 is 2.38 bits per heavy atom. The quantitative estimate of drug-likeness (QED) is 0.417. The Morgan fingerprint density at radius 1 is 1.75 bits per heavy atom. The van der Waals surface area contributed by atoms with Crippen LogP contribution in [-0.4, -0.2) is 25.0 Å². The lowest BCUT2D eigenvalue weighted by Crippen LogP contribution is -2.22. The maximum atomic E-state index is 7.88. The normalized spacial score (nSPS) is 13.9. The van der Waals surface area contributed by atoms with Gasteiger partial charge in [-0.15, -0.1) is 0 Å². The number of hydrogen-bond acceptors (Lipinski definition) is 3. The van der Waals surface area contributed by atoms with E-state index in [2.05, 4.69) is 10.2 Å². The molecule has 0 spiro atoms. The molecule has 0 aromatic carbocycles. The molecule has 0 radical (unpaired) electrons. The molecule has 0 amide bonds. The third kappa shape index (κ3) is 4.05. The molecule has 0 heterocycles. The van der Waals surface area contributed by atoms with Crippen LogP contribution in [0.15, 0.2) is 0 Å². The van der Waals surface area contributed by atoms with Crippen molar-refractivity contribution in [2.75, 3.05) is 13.7 Å². The zero-order valence-corrected chi connectivity index (χ0v) is 5.35.